The van der Waals surface area contributed by atoms with Crippen LogP contribution >= 0.6 is 11.6 Å². The van der Waals surface area contributed by atoms with Gasteiger partial charge in [-0.2, -0.15) is 0 Å². The second-order valence-electron chi connectivity index (χ2n) is 4.92. The average molecular weight is 329 g/mol. The molecule has 0 aliphatic carbocycles. The second kappa shape index (κ2) is 9.15. The lowest BCUT2D eigenvalue weighted by atomic mass is 10.2. The molecule has 0 aliphatic rings. The largest absolute Gasteiger partial charge is 0.495 e. The number of carbonyl (C=O) groups excluding carboxylic acids is 1. The third-order valence-corrected chi connectivity index (χ3v) is 3.26. The third kappa shape index (κ3) is 6.67. The van der Waals surface area contributed by atoms with Crippen LogP contribution < -0.4 is 15.4 Å². The van der Waals surface area contributed by atoms with Crippen molar-refractivity contribution >= 4 is 29.2 Å². The number of carboxylic acid groups (broad SMARTS) is 1. The summed E-state index contributed by atoms with van der Waals surface area (Å²) < 4.78 is 5.20. The molecule has 1 aromatic rings. The summed E-state index contributed by atoms with van der Waals surface area (Å²) in [6, 6.07) is 5.04. The molecule has 0 aliphatic heterocycles. The summed E-state index contributed by atoms with van der Waals surface area (Å²) in [6.45, 7) is 2.21. The van der Waals surface area contributed by atoms with Crippen LogP contribution in [0, 0.1) is 0 Å². The van der Waals surface area contributed by atoms with Crippen LogP contribution in [0.3, 0.4) is 0 Å². The molecule has 1 atom stereocenters. The Kier molecular flexibility index (Phi) is 7.52. The zero-order valence-corrected chi connectivity index (χ0v) is 13.4. The van der Waals surface area contributed by atoms with Crippen LogP contribution in [0.2, 0.25) is 5.02 Å². The van der Waals surface area contributed by atoms with Crippen LogP contribution in [0.25, 0.3) is 0 Å². The number of nitrogens with one attached hydrogen (secondary N) is 2. The number of halogens is 1. The molecule has 122 valence electrons. The molecule has 7 heteroatoms. The number of benzene rings is 1. The fourth-order valence-corrected chi connectivity index (χ4v) is 2.06. The van der Waals surface area contributed by atoms with Crippen LogP contribution in [-0.2, 0) is 9.59 Å². The average Bonchev–Trinajstić information content (AvgIpc) is 2.45. The molecule has 0 saturated heterocycles. The van der Waals surface area contributed by atoms with E-state index in [1.54, 1.807) is 32.2 Å². The molecule has 0 aromatic heterocycles. The maximum absolute atomic E-state index is 11.8. The maximum atomic E-state index is 11.8. The van der Waals surface area contributed by atoms with E-state index in [1.807, 2.05) is 0 Å². The number of amides is 1. The van der Waals surface area contributed by atoms with Crippen LogP contribution in [0.1, 0.15) is 26.2 Å². The van der Waals surface area contributed by atoms with Gasteiger partial charge in [0, 0.05) is 30.5 Å². The first kappa shape index (κ1) is 18.1. The Morgan fingerprint density at radius 2 is 2.09 bits per heavy atom. The molecular weight excluding hydrogens is 308 g/mol. The highest BCUT2D eigenvalue weighted by Crippen LogP contribution is 2.27. The van der Waals surface area contributed by atoms with Gasteiger partial charge in [0.2, 0.25) is 5.91 Å². The number of hydrogen-bond donors (Lipinski definition) is 3. The van der Waals surface area contributed by atoms with Crippen molar-refractivity contribution in [2.45, 2.75) is 32.2 Å². The van der Waals surface area contributed by atoms with Gasteiger partial charge in [-0.15, -0.1) is 0 Å². The van der Waals surface area contributed by atoms with Crippen molar-refractivity contribution in [2.75, 3.05) is 19.0 Å². The Morgan fingerprint density at radius 1 is 1.36 bits per heavy atom. The van der Waals surface area contributed by atoms with Gasteiger partial charge in [0.15, 0.2) is 0 Å². The predicted molar refractivity (Wildman–Crippen MR) is 85.6 cm³/mol. The summed E-state index contributed by atoms with van der Waals surface area (Å²) >= 11 is 5.92. The topological polar surface area (TPSA) is 87.7 Å². The fourth-order valence-electron chi connectivity index (χ4n) is 1.89. The summed E-state index contributed by atoms with van der Waals surface area (Å²) in [6.07, 6.45) is 0.725. The zero-order chi connectivity index (χ0) is 16.5. The van der Waals surface area contributed by atoms with E-state index in [2.05, 4.69) is 10.6 Å². The molecule has 0 saturated carbocycles. The first-order valence-electron chi connectivity index (χ1n) is 7.01. The Labute approximate surface area is 134 Å². The number of ether oxygens (including phenoxy) is 1. The first-order chi connectivity index (χ1) is 10.4. The fraction of sp³-hybridized carbons (Fsp3) is 0.467. The van der Waals surface area contributed by atoms with Crippen molar-refractivity contribution in [2.24, 2.45) is 0 Å². The smallest absolute Gasteiger partial charge is 0.303 e. The number of anilines is 1. The summed E-state index contributed by atoms with van der Waals surface area (Å²) in [5.74, 6) is -0.346. The molecule has 1 amide bonds. The molecule has 22 heavy (non-hydrogen) atoms. The second-order valence-corrected chi connectivity index (χ2v) is 5.36. The van der Waals surface area contributed by atoms with Gasteiger partial charge < -0.3 is 20.5 Å². The minimum Gasteiger partial charge on any atom is -0.495 e. The molecule has 0 heterocycles. The SMILES string of the molecule is COc1ccc(Cl)cc1NCCC(=O)NC(C)CCC(=O)O. The Morgan fingerprint density at radius 3 is 2.73 bits per heavy atom. The predicted octanol–water partition coefficient (Wildman–Crippen LogP) is 2.52. The maximum Gasteiger partial charge on any atom is 0.303 e. The van der Waals surface area contributed by atoms with Crippen molar-refractivity contribution in [3.63, 3.8) is 0 Å². The molecular formula is C15H21ClN2O4. The van der Waals surface area contributed by atoms with Crippen LogP contribution in [-0.4, -0.2) is 36.7 Å². The van der Waals surface area contributed by atoms with Gasteiger partial charge >= 0.3 is 5.97 Å². The monoisotopic (exact) mass is 328 g/mol. The van der Waals surface area contributed by atoms with E-state index in [4.69, 9.17) is 21.4 Å². The van der Waals surface area contributed by atoms with Gasteiger partial charge in [0.1, 0.15) is 5.75 Å². The molecule has 1 aromatic carbocycles. The van der Waals surface area contributed by atoms with E-state index in [0.29, 0.717) is 23.7 Å². The number of aliphatic carboxylic acids is 1. The van der Waals surface area contributed by atoms with Crippen LogP contribution in [0.4, 0.5) is 5.69 Å². The molecule has 0 bridgehead atoms. The highest BCUT2D eigenvalue weighted by Gasteiger charge is 2.09. The van der Waals surface area contributed by atoms with Gasteiger partial charge in [0.05, 0.1) is 12.8 Å². The van der Waals surface area contributed by atoms with Crippen molar-refractivity contribution < 1.29 is 19.4 Å². The van der Waals surface area contributed by atoms with Crippen LogP contribution in [0.15, 0.2) is 18.2 Å². The lowest BCUT2D eigenvalue weighted by Crippen LogP contribution is -2.33. The summed E-state index contributed by atoms with van der Waals surface area (Å²) in [5.41, 5.74) is 0.724. The van der Waals surface area contributed by atoms with Gasteiger partial charge in [0.25, 0.3) is 0 Å². The van der Waals surface area contributed by atoms with E-state index in [9.17, 15) is 9.59 Å². The van der Waals surface area contributed by atoms with Crippen molar-refractivity contribution in [1.29, 1.82) is 0 Å². The summed E-state index contributed by atoms with van der Waals surface area (Å²) in [5, 5.41) is 15.0. The lowest BCUT2D eigenvalue weighted by Gasteiger charge is -2.14. The molecule has 1 unspecified atom stereocenters. The zero-order valence-electron chi connectivity index (χ0n) is 12.7. The molecule has 0 spiro atoms. The Balaban J connectivity index is 2.36. The number of hydrogen-bond acceptors (Lipinski definition) is 4. The Bertz CT molecular complexity index is 522. The van der Waals surface area contributed by atoms with Crippen LogP contribution in [0.5, 0.6) is 5.75 Å². The summed E-state index contributed by atoms with van der Waals surface area (Å²) in [4.78, 5) is 22.2. The van der Waals surface area contributed by atoms with Gasteiger partial charge in [-0.1, -0.05) is 11.6 Å². The van der Waals surface area contributed by atoms with Gasteiger partial charge in [-0.05, 0) is 31.5 Å². The standard InChI is InChI=1S/C15H21ClN2O4/c1-10(3-6-15(20)21)18-14(19)7-8-17-12-9-11(16)4-5-13(12)22-2/h4-5,9-10,17H,3,6-8H2,1-2H3,(H,18,19)(H,20,21). The number of carbonyl (C=O) groups is 2. The van der Waals surface area contributed by atoms with E-state index in [1.165, 1.54) is 0 Å². The number of carboxylic acids is 1. The van der Waals surface area contributed by atoms with E-state index < -0.39 is 5.97 Å². The number of rotatable bonds is 9. The quantitative estimate of drug-likeness (QED) is 0.648. The van der Waals surface area contributed by atoms with Gasteiger partial charge in [-0.3, -0.25) is 9.59 Å². The minimum absolute atomic E-state index is 0.0411. The molecule has 0 fully saturated rings. The van der Waals surface area contributed by atoms with E-state index in [0.717, 1.165) is 5.69 Å². The Hall–Kier alpha value is -1.95. The normalized spacial score (nSPS) is 11.6. The van der Waals surface area contributed by atoms with E-state index in [-0.39, 0.29) is 24.8 Å². The van der Waals surface area contributed by atoms with Gasteiger partial charge in [-0.25, -0.2) is 0 Å². The molecule has 3 N–H and O–H groups in total. The third-order valence-electron chi connectivity index (χ3n) is 3.03. The molecule has 6 nitrogen and oxygen atoms in total. The van der Waals surface area contributed by atoms with Crippen molar-refractivity contribution in [3.8, 4) is 5.75 Å². The lowest BCUT2D eigenvalue weighted by molar-refractivity contribution is -0.137. The minimum atomic E-state index is -0.865. The highest BCUT2D eigenvalue weighted by molar-refractivity contribution is 6.30. The first-order valence-corrected chi connectivity index (χ1v) is 7.38. The number of methoxy groups -OCH3 is 1. The van der Waals surface area contributed by atoms with E-state index >= 15 is 0 Å². The molecule has 0 radical (unpaired) electrons. The highest BCUT2D eigenvalue weighted by atomic mass is 35.5. The summed E-state index contributed by atoms with van der Waals surface area (Å²) in [7, 11) is 1.56. The molecule has 1 rings (SSSR count). The van der Waals surface area contributed by atoms with Crippen molar-refractivity contribution in [1.82, 2.24) is 5.32 Å². The van der Waals surface area contributed by atoms with Crippen molar-refractivity contribution in [3.05, 3.63) is 23.2 Å².